The maximum absolute atomic E-state index is 12.4. The largest absolute Gasteiger partial charge is 0.337 e. The Kier molecular flexibility index (Phi) is 9.27. The quantitative estimate of drug-likeness (QED) is 0.580. The van der Waals surface area contributed by atoms with E-state index in [1.807, 2.05) is 27.9 Å². The molecule has 0 aliphatic rings. The predicted molar refractivity (Wildman–Crippen MR) is 109 cm³/mol. The number of hydrogen-bond donors (Lipinski definition) is 1. The van der Waals surface area contributed by atoms with Crippen molar-refractivity contribution in [3.05, 3.63) is 5.82 Å². The van der Waals surface area contributed by atoms with Gasteiger partial charge in [-0.15, -0.1) is 10.2 Å². The maximum Gasteiger partial charge on any atom is 0.231 e. The zero-order valence-electron chi connectivity index (χ0n) is 17.7. The first kappa shape index (κ1) is 23.4. The van der Waals surface area contributed by atoms with Crippen molar-refractivity contribution in [1.29, 1.82) is 5.26 Å². The molecule has 0 saturated heterocycles. The highest BCUT2D eigenvalue weighted by Gasteiger charge is 2.30. The van der Waals surface area contributed by atoms with Crippen molar-refractivity contribution in [3.8, 4) is 6.07 Å². The average Bonchev–Trinajstić information content (AvgIpc) is 3.00. The molecule has 2 atom stereocenters. The summed E-state index contributed by atoms with van der Waals surface area (Å²) in [5.41, 5.74) is -0.864. The van der Waals surface area contributed by atoms with Gasteiger partial charge in [-0.2, -0.15) is 5.26 Å². The van der Waals surface area contributed by atoms with Crippen LogP contribution >= 0.6 is 11.8 Å². The van der Waals surface area contributed by atoms with Crippen LogP contribution in [0.5, 0.6) is 0 Å². The Balaban J connectivity index is 2.92. The van der Waals surface area contributed by atoms with E-state index in [0.717, 1.165) is 36.8 Å². The van der Waals surface area contributed by atoms with Crippen LogP contribution in [-0.2, 0) is 11.3 Å². The van der Waals surface area contributed by atoms with Crippen molar-refractivity contribution < 1.29 is 4.79 Å². The van der Waals surface area contributed by atoms with Gasteiger partial charge in [0.25, 0.3) is 0 Å². The maximum atomic E-state index is 12.4. The van der Waals surface area contributed by atoms with Gasteiger partial charge in [-0.1, -0.05) is 45.9 Å². The summed E-state index contributed by atoms with van der Waals surface area (Å²) in [5, 5.41) is 21.8. The van der Waals surface area contributed by atoms with Gasteiger partial charge in [0.05, 0.1) is 17.9 Å². The summed E-state index contributed by atoms with van der Waals surface area (Å²) < 4.78 is 2.14. The Bertz CT molecular complexity index is 651. The number of nitrogens with one attached hydrogen (secondary N) is 1. The Morgan fingerprint density at radius 3 is 2.52 bits per heavy atom. The summed E-state index contributed by atoms with van der Waals surface area (Å²) in [6.07, 6.45) is 3.06. The van der Waals surface area contributed by atoms with E-state index in [0.29, 0.717) is 0 Å². The topological polar surface area (TPSA) is 86.8 Å². The lowest BCUT2D eigenvalue weighted by molar-refractivity contribution is -0.120. The molecule has 0 unspecified atom stereocenters. The normalized spacial score (nSPS) is 14.8. The summed E-state index contributed by atoms with van der Waals surface area (Å²) in [4.78, 5) is 14.5. The van der Waals surface area contributed by atoms with E-state index in [1.54, 1.807) is 6.92 Å². The fourth-order valence-electron chi connectivity index (χ4n) is 2.72. The van der Waals surface area contributed by atoms with E-state index in [-0.39, 0.29) is 23.6 Å². The number of hydrogen-bond acceptors (Lipinski definition) is 6. The van der Waals surface area contributed by atoms with E-state index in [9.17, 15) is 10.1 Å². The molecule has 152 valence electrons. The number of unbranched alkanes of at least 4 members (excludes halogenated alkanes) is 1. The molecule has 1 aromatic rings. The molecule has 1 aromatic heterocycles. The van der Waals surface area contributed by atoms with Gasteiger partial charge in [0.15, 0.2) is 11.0 Å². The van der Waals surface area contributed by atoms with Gasteiger partial charge in [0.1, 0.15) is 5.54 Å². The van der Waals surface area contributed by atoms with Gasteiger partial charge in [0, 0.05) is 6.54 Å². The lowest BCUT2D eigenvalue weighted by atomic mass is 9.90. The Labute approximate surface area is 167 Å². The molecular weight excluding hydrogens is 360 g/mol. The van der Waals surface area contributed by atoms with E-state index >= 15 is 0 Å². The summed E-state index contributed by atoms with van der Waals surface area (Å²) in [6.45, 7) is 10.7. The predicted octanol–water partition coefficient (Wildman–Crippen LogP) is 3.24. The molecule has 0 spiro atoms. The van der Waals surface area contributed by atoms with Crippen molar-refractivity contribution in [2.24, 2.45) is 5.92 Å². The summed E-state index contributed by atoms with van der Waals surface area (Å²) in [5.74, 6) is 1.03. The molecule has 0 saturated carbocycles. The molecule has 0 aromatic carbocycles. The highest BCUT2D eigenvalue weighted by atomic mass is 32.2. The molecule has 0 fully saturated rings. The van der Waals surface area contributed by atoms with Crippen molar-refractivity contribution in [3.63, 3.8) is 0 Å². The molecule has 7 nitrogen and oxygen atoms in total. The summed E-state index contributed by atoms with van der Waals surface area (Å²) in [6, 6.07) is 2.40. The van der Waals surface area contributed by atoms with Gasteiger partial charge in [0.2, 0.25) is 5.91 Å². The van der Waals surface area contributed by atoms with Crippen LogP contribution in [-0.4, -0.2) is 51.0 Å². The van der Waals surface area contributed by atoms with Crippen LogP contribution < -0.4 is 5.32 Å². The number of thioether (sulfide) groups is 1. The SMILES string of the molecule is CCCCn1c(SCC(=O)N[C@@](C)(C#N)C(C)C)nnc1[C@H](CC)N(C)C. The van der Waals surface area contributed by atoms with E-state index < -0.39 is 5.54 Å². The second-order valence-corrected chi connectivity index (χ2v) is 8.48. The number of nitriles is 1. The van der Waals surface area contributed by atoms with Gasteiger partial charge in [-0.3, -0.25) is 9.69 Å². The second kappa shape index (κ2) is 10.7. The van der Waals surface area contributed by atoms with Crippen LogP contribution in [0.3, 0.4) is 0 Å². The minimum absolute atomic E-state index is 0.0293. The summed E-state index contributed by atoms with van der Waals surface area (Å²) >= 11 is 1.38. The number of amides is 1. The smallest absolute Gasteiger partial charge is 0.231 e. The monoisotopic (exact) mass is 394 g/mol. The molecule has 1 amide bonds. The van der Waals surface area contributed by atoms with Gasteiger partial charge < -0.3 is 9.88 Å². The number of aromatic nitrogens is 3. The third kappa shape index (κ3) is 6.22. The highest BCUT2D eigenvalue weighted by molar-refractivity contribution is 7.99. The molecule has 0 radical (unpaired) electrons. The first-order valence-electron chi connectivity index (χ1n) is 9.64. The molecule has 0 bridgehead atoms. The third-order valence-electron chi connectivity index (χ3n) is 4.91. The molecule has 27 heavy (non-hydrogen) atoms. The van der Waals surface area contributed by atoms with Crippen LogP contribution in [0.15, 0.2) is 5.16 Å². The Morgan fingerprint density at radius 2 is 2.04 bits per heavy atom. The van der Waals surface area contributed by atoms with Crippen LogP contribution in [0.1, 0.15) is 65.7 Å². The molecule has 0 aliphatic heterocycles. The fraction of sp³-hybridized carbons (Fsp3) is 0.789. The Morgan fingerprint density at radius 1 is 1.37 bits per heavy atom. The van der Waals surface area contributed by atoms with Crippen molar-refractivity contribution in [1.82, 2.24) is 25.0 Å². The average molecular weight is 395 g/mol. The molecule has 1 rings (SSSR count). The first-order chi connectivity index (χ1) is 12.7. The van der Waals surface area contributed by atoms with Gasteiger partial charge in [-0.25, -0.2) is 0 Å². The molecule has 1 heterocycles. The van der Waals surface area contributed by atoms with E-state index in [4.69, 9.17) is 0 Å². The van der Waals surface area contributed by atoms with E-state index in [2.05, 4.69) is 44.9 Å². The molecule has 0 aliphatic carbocycles. The van der Waals surface area contributed by atoms with Crippen LogP contribution in [0.25, 0.3) is 0 Å². The van der Waals surface area contributed by atoms with Gasteiger partial charge in [-0.05, 0) is 39.8 Å². The van der Waals surface area contributed by atoms with Crippen LogP contribution in [0.2, 0.25) is 0 Å². The highest BCUT2D eigenvalue weighted by Crippen LogP contribution is 2.26. The van der Waals surface area contributed by atoms with E-state index in [1.165, 1.54) is 11.8 Å². The second-order valence-electron chi connectivity index (χ2n) is 7.54. The minimum Gasteiger partial charge on any atom is -0.337 e. The number of rotatable bonds is 11. The molecule has 1 N–H and O–H groups in total. The van der Waals surface area contributed by atoms with Gasteiger partial charge >= 0.3 is 0 Å². The fourth-order valence-corrected chi connectivity index (χ4v) is 3.49. The lowest BCUT2D eigenvalue weighted by Gasteiger charge is -2.27. The van der Waals surface area contributed by atoms with Crippen molar-refractivity contribution in [2.75, 3.05) is 19.8 Å². The standard InChI is InChI=1S/C19H34N6OS/c1-8-10-11-25-17(15(9-2)24(6)7)22-23-18(25)27-12-16(26)21-19(5,13-20)14(3)4/h14-15H,8-12H2,1-7H3,(H,21,26)/t15-,19-/m0/s1. The molecule has 8 heteroatoms. The zero-order chi connectivity index (χ0) is 20.6. The Hall–Kier alpha value is -1.59. The van der Waals surface area contributed by atoms with Crippen LogP contribution in [0.4, 0.5) is 0 Å². The zero-order valence-corrected chi connectivity index (χ0v) is 18.6. The number of carbonyl (C=O) groups excluding carboxylic acids is 1. The van der Waals surface area contributed by atoms with Crippen molar-refractivity contribution in [2.45, 2.75) is 77.2 Å². The lowest BCUT2D eigenvalue weighted by Crippen LogP contribution is -2.49. The first-order valence-corrected chi connectivity index (χ1v) is 10.6. The minimum atomic E-state index is -0.864. The summed E-state index contributed by atoms with van der Waals surface area (Å²) in [7, 11) is 4.09. The van der Waals surface area contributed by atoms with Crippen molar-refractivity contribution >= 4 is 17.7 Å². The number of carbonyl (C=O) groups is 1. The van der Waals surface area contributed by atoms with Crippen LogP contribution in [0, 0.1) is 17.2 Å². The number of nitrogens with zero attached hydrogens (tertiary/aromatic N) is 5. The molecular formula is C19H34N6OS. The third-order valence-corrected chi connectivity index (χ3v) is 5.87.